The smallest absolute Gasteiger partial charge is 0.141 e. The Morgan fingerprint density at radius 1 is 1.10 bits per heavy atom. The summed E-state index contributed by atoms with van der Waals surface area (Å²) in [5.41, 5.74) is 6.74. The molecule has 3 aliphatic rings. The lowest BCUT2D eigenvalue weighted by atomic mass is 10.1. The highest BCUT2D eigenvalue weighted by atomic mass is 35.5. The number of hydrogen-bond donors (Lipinski definition) is 1. The number of ether oxygens (including phenoxy) is 1. The van der Waals surface area contributed by atoms with Crippen LogP contribution in [-0.2, 0) is 6.54 Å². The molecule has 7 heteroatoms. The summed E-state index contributed by atoms with van der Waals surface area (Å²) in [4.78, 5) is 11.6. The molecule has 3 heterocycles. The zero-order valence-corrected chi connectivity index (χ0v) is 24.0. The van der Waals surface area contributed by atoms with Gasteiger partial charge < -0.3 is 19.5 Å². The van der Waals surface area contributed by atoms with Crippen molar-refractivity contribution in [2.24, 2.45) is 5.92 Å². The number of hydrogen-bond acceptors (Lipinski definition) is 5. The van der Waals surface area contributed by atoms with Crippen molar-refractivity contribution in [3.05, 3.63) is 102 Å². The molecule has 2 aromatic heterocycles. The van der Waals surface area contributed by atoms with Gasteiger partial charge in [0.2, 0.25) is 0 Å². The van der Waals surface area contributed by atoms with E-state index in [-0.39, 0.29) is 0 Å². The highest BCUT2D eigenvalue weighted by Crippen LogP contribution is 2.41. The van der Waals surface area contributed by atoms with Crippen molar-refractivity contribution in [1.82, 2.24) is 19.4 Å². The maximum Gasteiger partial charge on any atom is 0.141 e. The Morgan fingerprint density at radius 3 is 2.93 bits per heavy atom. The second-order valence-corrected chi connectivity index (χ2v) is 11.8. The number of nitrogens with one attached hydrogen (secondary N) is 1. The second-order valence-electron chi connectivity index (χ2n) is 11.4. The fourth-order valence-corrected chi connectivity index (χ4v) is 6.22. The number of anilines is 2. The summed E-state index contributed by atoms with van der Waals surface area (Å²) < 4.78 is 8.37. The minimum absolute atomic E-state index is 0.499. The molecule has 0 amide bonds. The Morgan fingerprint density at radius 2 is 2.05 bits per heavy atom. The molecule has 2 aromatic carbocycles. The van der Waals surface area contributed by atoms with Gasteiger partial charge in [0.15, 0.2) is 0 Å². The number of aromatic nitrogens is 3. The summed E-state index contributed by atoms with van der Waals surface area (Å²) >= 11 is 6.63. The van der Waals surface area contributed by atoms with E-state index in [9.17, 15) is 0 Å². The van der Waals surface area contributed by atoms with Crippen molar-refractivity contribution < 1.29 is 4.74 Å². The van der Waals surface area contributed by atoms with Crippen molar-refractivity contribution >= 4 is 34.0 Å². The van der Waals surface area contributed by atoms with Gasteiger partial charge in [0.1, 0.15) is 24.5 Å². The number of rotatable bonds is 9. The number of fused-ring (bicyclic) bond motifs is 2. The van der Waals surface area contributed by atoms with Crippen LogP contribution >= 0.6 is 11.6 Å². The van der Waals surface area contributed by atoms with E-state index in [0.29, 0.717) is 29.3 Å². The van der Waals surface area contributed by atoms with Crippen LogP contribution in [0, 0.1) is 5.92 Å². The third kappa shape index (κ3) is 5.81. The Hall–Kier alpha value is -3.87. The molecule has 41 heavy (non-hydrogen) atoms. The molecule has 1 saturated heterocycles. The first-order valence-electron chi connectivity index (χ1n) is 14.5. The maximum atomic E-state index is 6.63. The Labute approximate surface area is 246 Å². The second kappa shape index (κ2) is 11.2. The summed E-state index contributed by atoms with van der Waals surface area (Å²) in [7, 11) is 2.24. The maximum absolute atomic E-state index is 6.63. The molecule has 6 nitrogen and oxygen atoms in total. The monoisotopic (exact) mass is 563 g/mol. The van der Waals surface area contributed by atoms with Gasteiger partial charge in [0, 0.05) is 42.0 Å². The Balaban J connectivity index is 1.05. The van der Waals surface area contributed by atoms with Crippen LogP contribution in [-0.4, -0.2) is 45.7 Å². The Kier molecular flexibility index (Phi) is 7.11. The fraction of sp³-hybridized carbons (Fsp3) is 0.294. The number of nitrogens with zero attached hydrogens (tertiary/aromatic N) is 4. The van der Waals surface area contributed by atoms with E-state index in [1.807, 2.05) is 18.2 Å². The van der Waals surface area contributed by atoms with Crippen LogP contribution in [0.2, 0.25) is 5.02 Å². The molecular formula is C34H34ClN5O. The third-order valence-corrected chi connectivity index (χ3v) is 8.80. The average molecular weight is 564 g/mol. The molecule has 2 unspecified atom stereocenters. The SMILES string of the molecule is CN1CCCC1CCn1ccc(-c2ccc3ncnc(Nc4ccc(OCC5=CC6CC6=CC=C5)c(Cl)c4)c3c2)c1. The molecule has 1 aliphatic heterocycles. The van der Waals surface area contributed by atoms with Gasteiger partial charge in [0.25, 0.3) is 0 Å². The van der Waals surface area contributed by atoms with Crippen LogP contribution in [0.25, 0.3) is 22.0 Å². The van der Waals surface area contributed by atoms with E-state index in [0.717, 1.165) is 34.5 Å². The van der Waals surface area contributed by atoms with Crippen LogP contribution in [0.3, 0.4) is 0 Å². The average Bonchev–Trinajstić information content (AvgIpc) is 3.37. The summed E-state index contributed by atoms with van der Waals surface area (Å²) in [5, 5.41) is 4.97. The molecular weight excluding hydrogens is 530 g/mol. The molecule has 1 saturated carbocycles. The van der Waals surface area contributed by atoms with Gasteiger partial charge in [-0.3, -0.25) is 0 Å². The molecule has 4 aromatic rings. The predicted molar refractivity (Wildman–Crippen MR) is 167 cm³/mol. The van der Waals surface area contributed by atoms with Gasteiger partial charge in [-0.25, -0.2) is 9.97 Å². The van der Waals surface area contributed by atoms with Crippen LogP contribution in [0.5, 0.6) is 5.75 Å². The number of likely N-dealkylation sites (tertiary alicyclic amines) is 1. The van der Waals surface area contributed by atoms with Crippen LogP contribution in [0.4, 0.5) is 11.5 Å². The highest BCUT2D eigenvalue weighted by Gasteiger charge is 2.27. The molecule has 2 aliphatic carbocycles. The first-order valence-corrected chi connectivity index (χ1v) is 14.9. The zero-order chi connectivity index (χ0) is 27.8. The van der Waals surface area contributed by atoms with E-state index in [2.05, 4.69) is 92.8 Å². The topological polar surface area (TPSA) is 55.2 Å². The molecule has 0 spiro atoms. The molecule has 0 bridgehead atoms. The molecule has 2 fully saturated rings. The minimum Gasteiger partial charge on any atom is -0.487 e. The largest absolute Gasteiger partial charge is 0.487 e. The van der Waals surface area contributed by atoms with Gasteiger partial charge >= 0.3 is 0 Å². The zero-order valence-electron chi connectivity index (χ0n) is 23.3. The lowest BCUT2D eigenvalue weighted by molar-refractivity contribution is 0.286. The number of halogens is 1. The van der Waals surface area contributed by atoms with Crippen molar-refractivity contribution in [3.8, 4) is 16.9 Å². The number of allylic oxidation sites excluding steroid dienone is 4. The van der Waals surface area contributed by atoms with E-state index < -0.39 is 0 Å². The standard InChI is InChI=1S/C34H34ClN5O/c1-39-13-3-6-29(39)12-15-40-14-11-26(20-40)25-7-9-32-30(18-25)34(37-22-36-32)38-28-8-10-33(31(35)19-28)41-21-23-4-2-5-24-17-27(24)16-23/h2,4-5,7-11,14,16,18-20,22,27,29H,3,6,12-13,15,17,21H2,1H3,(H,36,37,38). The van der Waals surface area contributed by atoms with Crippen molar-refractivity contribution in [1.29, 1.82) is 0 Å². The third-order valence-electron chi connectivity index (χ3n) is 8.51. The van der Waals surface area contributed by atoms with Gasteiger partial charge in [0.05, 0.1) is 10.5 Å². The van der Waals surface area contributed by atoms with Crippen molar-refractivity contribution in [2.75, 3.05) is 25.5 Å². The van der Waals surface area contributed by atoms with E-state index >= 15 is 0 Å². The molecule has 7 rings (SSSR count). The normalized spacial score (nSPS) is 20.0. The highest BCUT2D eigenvalue weighted by molar-refractivity contribution is 6.32. The first kappa shape index (κ1) is 26.1. The van der Waals surface area contributed by atoms with E-state index in [1.165, 1.54) is 48.9 Å². The van der Waals surface area contributed by atoms with E-state index in [1.54, 1.807) is 6.33 Å². The molecule has 0 radical (unpaired) electrons. The fourth-order valence-electron chi connectivity index (χ4n) is 5.98. The van der Waals surface area contributed by atoms with Crippen LogP contribution < -0.4 is 10.1 Å². The lowest BCUT2D eigenvalue weighted by Gasteiger charge is -2.19. The van der Waals surface area contributed by atoms with Crippen molar-refractivity contribution in [2.45, 2.75) is 38.3 Å². The summed E-state index contributed by atoms with van der Waals surface area (Å²) in [6.07, 6.45) is 19.7. The Bertz CT molecular complexity index is 1690. The minimum atomic E-state index is 0.499. The molecule has 2 atom stereocenters. The lowest BCUT2D eigenvalue weighted by Crippen LogP contribution is -2.25. The van der Waals surface area contributed by atoms with Gasteiger partial charge in [-0.1, -0.05) is 47.5 Å². The van der Waals surface area contributed by atoms with Crippen molar-refractivity contribution in [3.63, 3.8) is 0 Å². The quantitative estimate of drug-likeness (QED) is 0.225. The summed E-state index contributed by atoms with van der Waals surface area (Å²) in [6.45, 7) is 2.75. The van der Waals surface area contributed by atoms with Crippen LogP contribution in [0.15, 0.2) is 96.6 Å². The van der Waals surface area contributed by atoms with Gasteiger partial charge in [-0.15, -0.1) is 0 Å². The number of benzene rings is 2. The summed E-state index contributed by atoms with van der Waals surface area (Å²) in [6, 6.07) is 15.0. The predicted octanol–water partition coefficient (Wildman–Crippen LogP) is 7.80. The molecule has 1 N–H and O–H groups in total. The number of aryl methyl sites for hydroxylation is 1. The van der Waals surface area contributed by atoms with E-state index in [4.69, 9.17) is 16.3 Å². The van der Waals surface area contributed by atoms with Gasteiger partial charge in [-0.2, -0.15) is 0 Å². The summed E-state index contributed by atoms with van der Waals surface area (Å²) in [5.74, 6) is 1.99. The van der Waals surface area contributed by atoms with Gasteiger partial charge in [-0.05, 0) is 92.4 Å². The molecule has 208 valence electrons. The first-order chi connectivity index (χ1) is 20.1. The van der Waals surface area contributed by atoms with Crippen LogP contribution in [0.1, 0.15) is 25.7 Å².